The Bertz CT molecular complexity index is 1190. The molecule has 0 aromatic heterocycles. The fourth-order valence-corrected chi connectivity index (χ4v) is 13.5. The van der Waals surface area contributed by atoms with Crippen molar-refractivity contribution in [1.82, 2.24) is 0 Å². The zero-order chi connectivity index (χ0) is 30.9. The Kier molecular flexibility index (Phi) is 8.99. The van der Waals surface area contributed by atoms with Gasteiger partial charge in [-0.2, -0.15) is 8.42 Å². The SMILES string of the molecule is CC(=O)O[C@H]1CC[C@@]2(C)[C@@H](CC[C@H]3[C@@H]4[C@@H](I)[C@H](OS(=O)(=O)O)[C@](O[Si](C)(C)C)(C(C)=O)[C@@]4(C)[C@H](OC(C)=O)C[C@@H]32)C1. The maximum Gasteiger partial charge on any atom is 0.397 e. The van der Waals surface area contributed by atoms with Gasteiger partial charge in [0.2, 0.25) is 0 Å². The summed E-state index contributed by atoms with van der Waals surface area (Å²) in [4.78, 5) is 38.2. The van der Waals surface area contributed by atoms with E-state index in [4.69, 9.17) is 18.1 Å². The second-order valence-electron chi connectivity index (χ2n) is 14.1. The van der Waals surface area contributed by atoms with Crippen molar-refractivity contribution in [2.75, 3.05) is 0 Å². The van der Waals surface area contributed by atoms with E-state index in [0.29, 0.717) is 12.3 Å². The standard InChI is InChI=1S/C28H45IO10SSi/c1-15(30)28(39-41(6,7)8)25(38-40(33,34)35)24(29)23-20-10-9-18-13-19(36-16(2)31)11-12-26(18,4)21(20)14-22(27(23,28)5)37-17(3)32/h18-25H,9-14H2,1-8H3,(H,33,34,35)/t18-,19-,20+,21-,22+,23+,24+,25-,26-,27-,28+/m0/s1. The van der Waals surface area contributed by atoms with Crippen molar-refractivity contribution in [2.24, 2.45) is 34.5 Å². The van der Waals surface area contributed by atoms with Crippen molar-refractivity contribution in [3.05, 3.63) is 0 Å². The molecule has 0 bridgehead atoms. The summed E-state index contributed by atoms with van der Waals surface area (Å²) in [6.07, 6.45) is 2.40. The first-order valence-corrected chi connectivity index (χ1v) is 20.5. The first-order valence-electron chi connectivity index (χ1n) is 14.5. The predicted molar refractivity (Wildman–Crippen MR) is 161 cm³/mol. The van der Waals surface area contributed by atoms with E-state index in [9.17, 15) is 27.4 Å². The minimum Gasteiger partial charge on any atom is -0.463 e. The molecule has 4 fully saturated rings. The van der Waals surface area contributed by atoms with Crippen LogP contribution < -0.4 is 0 Å². The molecule has 0 saturated heterocycles. The summed E-state index contributed by atoms with van der Waals surface area (Å²) in [5, 5.41) is 0. The Hall–Kier alpha value is -0.613. The molecule has 4 rings (SSSR count). The lowest BCUT2D eigenvalue weighted by Crippen LogP contribution is -2.69. The summed E-state index contributed by atoms with van der Waals surface area (Å²) in [5.41, 5.74) is -3.01. The van der Waals surface area contributed by atoms with Crippen LogP contribution in [0.15, 0.2) is 0 Å². The van der Waals surface area contributed by atoms with E-state index in [-0.39, 0.29) is 35.2 Å². The van der Waals surface area contributed by atoms with Crippen LogP contribution in [-0.2, 0) is 42.9 Å². The number of rotatable bonds is 7. The van der Waals surface area contributed by atoms with Crippen molar-refractivity contribution in [2.45, 2.75) is 121 Å². The fourth-order valence-electron chi connectivity index (χ4n) is 9.45. The van der Waals surface area contributed by atoms with Gasteiger partial charge < -0.3 is 13.9 Å². The summed E-state index contributed by atoms with van der Waals surface area (Å²) >= 11 is 2.17. The molecule has 11 atom stereocenters. The first-order chi connectivity index (χ1) is 18.7. The zero-order valence-corrected chi connectivity index (χ0v) is 29.2. The normalized spacial score (nSPS) is 44.2. The summed E-state index contributed by atoms with van der Waals surface area (Å²) in [7, 11) is -7.53. The van der Waals surface area contributed by atoms with Crippen molar-refractivity contribution in [3.63, 3.8) is 0 Å². The summed E-state index contributed by atoms with van der Waals surface area (Å²) in [5.74, 6) is -0.987. The third-order valence-corrected chi connectivity index (χ3v) is 13.5. The van der Waals surface area contributed by atoms with Gasteiger partial charge in [0.15, 0.2) is 19.7 Å². The molecule has 0 radical (unpaired) electrons. The van der Waals surface area contributed by atoms with Crippen molar-refractivity contribution < 1.29 is 45.4 Å². The largest absolute Gasteiger partial charge is 0.463 e. The molecule has 0 aromatic rings. The van der Waals surface area contributed by atoms with Gasteiger partial charge in [0.05, 0.1) is 0 Å². The van der Waals surface area contributed by atoms with Crippen molar-refractivity contribution in [3.8, 4) is 0 Å². The third kappa shape index (κ3) is 5.69. The van der Waals surface area contributed by atoms with Crippen molar-refractivity contribution >= 4 is 59.0 Å². The van der Waals surface area contributed by atoms with E-state index in [1.54, 1.807) is 0 Å². The minimum atomic E-state index is -4.96. The molecule has 0 spiro atoms. The second kappa shape index (κ2) is 11.1. The number of carbonyl (C=O) groups excluding carboxylic acids is 3. The molecule has 4 aliphatic rings. The molecule has 10 nitrogen and oxygen atoms in total. The molecule has 234 valence electrons. The van der Waals surface area contributed by atoms with Crippen LogP contribution in [0.5, 0.6) is 0 Å². The molecule has 4 aliphatic carbocycles. The monoisotopic (exact) mass is 728 g/mol. The van der Waals surface area contributed by atoms with Gasteiger partial charge in [-0.25, -0.2) is 4.18 Å². The number of hydrogen-bond acceptors (Lipinski definition) is 9. The van der Waals surface area contributed by atoms with Crippen LogP contribution in [-0.4, -0.2) is 66.8 Å². The number of hydrogen-bond donors (Lipinski definition) is 1. The molecule has 0 aromatic carbocycles. The first kappa shape index (κ1) is 33.3. The number of carbonyl (C=O) groups is 3. The average molecular weight is 729 g/mol. The van der Waals surface area contributed by atoms with Gasteiger partial charge in [0.25, 0.3) is 0 Å². The van der Waals surface area contributed by atoms with E-state index in [2.05, 4.69) is 29.5 Å². The maximum atomic E-state index is 13.9. The highest BCUT2D eigenvalue weighted by atomic mass is 127. The van der Waals surface area contributed by atoms with Crippen LogP contribution in [0.4, 0.5) is 0 Å². The topological polar surface area (TPSA) is 143 Å². The van der Waals surface area contributed by atoms with Gasteiger partial charge in [-0.15, -0.1) is 0 Å². The van der Waals surface area contributed by atoms with Crippen LogP contribution in [0, 0.1) is 34.5 Å². The predicted octanol–water partition coefficient (Wildman–Crippen LogP) is 4.89. The highest BCUT2D eigenvalue weighted by molar-refractivity contribution is 14.1. The van der Waals surface area contributed by atoms with Gasteiger partial charge in [0.1, 0.15) is 18.3 Å². The molecule has 41 heavy (non-hydrogen) atoms. The summed E-state index contributed by atoms with van der Waals surface area (Å²) < 4.78 is 57.8. The number of Topliss-reactive ketones (excluding diaryl/α,β-unsaturated/α-hetero) is 1. The molecule has 0 aliphatic heterocycles. The van der Waals surface area contributed by atoms with Gasteiger partial charge >= 0.3 is 22.3 Å². The highest BCUT2D eigenvalue weighted by Gasteiger charge is 2.79. The Morgan fingerprint density at radius 2 is 1.56 bits per heavy atom. The lowest BCUT2D eigenvalue weighted by Gasteiger charge is -2.63. The summed E-state index contributed by atoms with van der Waals surface area (Å²) in [6, 6.07) is 0. The smallest absolute Gasteiger partial charge is 0.397 e. The lowest BCUT2D eigenvalue weighted by molar-refractivity contribution is -0.220. The number of ether oxygens (including phenoxy) is 2. The van der Waals surface area contributed by atoms with E-state index in [0.717, 1.165) is 32.1 Å². The van der Waals surface area contributed by atoms with E-state index in [1.807, 2.05) is 26.6 Å². The molecule has 0 heterocycles. The molecular weight excluding hydrogens is 683 g/mol. The fraction of sp³-hybridized carbons (Fsp3) is 0.893. The van der Waals surface area contributed by atoms with Gasteiger partial charge in [0, 0.05) is 23.2 Å². The van der Waals surface area contributed by atoms with E-state index >= 15 is 0 Å². The number of esters is 2. The Morgan fingerprint density at radius 1 is 0.951 bits per heavy atom. The lowest BCUT2D eigenvalue weighted by atomic mass is 9.43. The van der Waals surface area contributed by atoms with Crippen LogP contribution in [0.3, 0.4) is 0 Å². The number of ketones is 1. The Labute approximate surface area is 258 Å². The third-order valence-electron chi connectivity index (χ3n) is 10.7. The molecule has 4 saturated carbocycles. The number of fused-ring (bicyclic) bond motifs is 5. The average Bonchev–Trinajstić information content (AvgIpc) is 2.97. The molecule has 1 N–H and O–H groups in total. The second-order valence-corrected chi connectivity index (χ2v) is 21.0. The van der Waals surface area contributed by atoms with Crippen LogP contribution in [0.2, 0.25) is 19.6 Å². The van der Waals surface area contributed by atoms with Crippen LogP contribution in [0.25, 0.3) is 0 Å². The maximum absolute atomic E-state index is 13.9. The Morgan fingerprint density at radius 3 is 2.07 bits per heavy atom. The quantitative estimate of drug-likeness (QED) is 0.127. The van der Waals surface area contributed by atoms with Gasteiger partial charge in [-0.1, -0.05) is 36.4 Å². The van der Waals surface area contributed by atoms with Gasteiger partial charge in [-0.05, 0) is 94.2 Å². The zero-order valence-electron chi connectivity index (χ0n) is 25.3. The van der Waals surface area contributed by atoms with E-state index in [1.165, 1.54) is 20.8 Å². The number of alkyl halides is 1. The highest BCUT2D eigenvalue weighted by Crippen LogP contribution is 2.71. The molecular formula is C28H45IO10SSi. The summed E-state index contributed by atoms with van der Waals surface area (Å²) in [6.45, 7) is 14.1. The Balaban J connectivity index is 1.88. The molecule has 0 amide bonds. The van der Waals surface area contributed by atoms with Crippen LogP contribution in [0.1, 0.15) is 73.1 Å². The van der Waals surface area contributed by atoms with Gasteiger partial charge in [-0.3, -0.25) is 18.9 Å². The molecule has 13 heteroatoms. The van der Waals surface area contributed by atoms with Crippen molar-refractivity contribution in [1.29, 1.82) is 0 Å². The number of halogens is 1. The van der Waals surface area contributed by atoms with E-state index < -0.39 is 57.6 Å². The van der Waals surface area contributed by atoms with Crippen LogP contribution >= 0.6 is 22.6 Å². The minimum absolute atomic E-state index is 0.0687. The molecule has 0 unspecified atom stereocenters.